The van der Waals surface area contributed by atoms with Gasteiger partial charge in [-0.15, -0.1) is 0 Å². The van der Waals surface area contributed by atoms with Crippen molar-refractivity contribution in [1.82, 2.24) is 0 Å². The maximum Gasteiger partial charge on any atom is 0.309 e. The molecule has 0 aromatic carbocycles. The lowest BCUT2D eigenvalue weighted by molar-refractivity contribution is -0.334. The molecule has 3 fully saturated rings. The first-order valence-electron chi connectivity index (χ1n) is 17.1. The van der Waals surface area contributed by atoms with Gasteiger partial charge >= 0.3 is 41.8 Å². The highest BCUT2D eigenvalue weighted by molar-refractivity contribution is 5.89. The highest BCUT2D eigenvalue weighted by Crippen LogP contribution is 2.61. The smallest absolute Gasteiger partial charge is 0.309 e. The van der Waals surface area contributed by atoms with Gasteiger partial charge in [-0.1, -0.05) is 41.2 Å². The SMILES string of the molecule is C=C1C(OC(=O)C(C)C)C(OC(C)=O)C(OC(C)=O)C(C)(C)C2OC(O)(C(C)C2=O)C2(OC(C)=O)CC(C)(OC(C)=O)C(OC(C)=O)C2C1OC(C)=O. The van der Waals surface area contributed by atoms with Gasteiger partial charge in [0.05, 0.1) is 17.8 Å². The first-order chi connectivity index (χ1) is 24.2. The average molecular weight is 755 g/mol. The van der Waals surface area contributed by atoms with Gasteiger partial charge in [-0.25, -0.2) is 0 Å². The molecule has 2 saturated heterocycles. The Morgan fingerprint density at radius 2 is 1.23 bits per heavy atom. The fourth-order valence-corrected chi connectivity index (χ4v) is 7.89. The lowest BCUT2D eigenvalue weighted by Gasteiger charge is -2.48. The number of rotatable bonds is 8. The zero-order chi connectivity index (χ0) is 40.8. The van der Waals surface area contributed by atoms with Crippen LogP contribution in [0.25, 0.3) is 0 Å². The van der Waals surface area contributed by atoms with E-state index in [0.29, 0.717) is 0 Å². The van der Waals surface area contributed by atoms with Crippen LogP contribution in [0.3, 0.4) is 0 Å². The van der Waals surface area contributed by atoms with Gasteiger partial charge in [0.15, 0.2) is 41.4 Å². The molecule has 0 aromatic rings. The summed E-state index contributed by atoms with van der Waals surface area (Å²) in [6.07, 6.45) is -11.7. The number of hydrogen-bond acceptors (Lipinski definition) is 17. The Bertz CT molecular complexity index is 1560. The third kappa shape index (κ3) is 7.95. The van der Waals surface area contributed by atoms with Crippen LogP contribution in [-0.4, -0.2) is 106 Å². The van der Waals surface area contributed by atoms with Gasteiger partial charge in [-0.2, -0.15) is 0 Å². The molecule has 3 rings (SSSR count). The molecule has 2 bridgehead atoms. The highest BCUT2D eigenvalue weighted by Gasteiger charge is 2.80. The van der Waals surface area contributed by atoms with Gasteiger partial charge in [-0.05, 0) is 6.92 Å². The van der Waals surface area contributed by atoms with Crippen molar-refractivity contribution < 1.29 is 81.4 Å². The molecule has 0 spiro atoms. The monoisotopic (exact) mass is 754 g/mol. The molecule has 11 atom stereocenters. The fraction of sp³-hybridized carbons (Fsp3) is 0.722. The van der Waals surface area contributed by atoms with Crippen molar-refractivity contribution >= 4 is 47.6 Å². The van der Waals surface area contributed by atoms with Crippen LogP contribution in [0.5, 0.6) is 0 Å². The summed E-state index contributed by atoms with van der Waals surface area (Å²) in [5.74, 6) is -14.8. The molecular formula is C36H50O17. The molecule has 17 nitrogen and oxygen atoms in total. The Labute approximate surface area is 307 Å². The quantitative estimate of drug-likeness (QED) is 0.212. The van der Waals surface area contributed by atoms with E-state index in [9.17, 15) is 43.5 Å². The molecule has 11 unspecified atom stereocenters. The minimum atomic E-state index is -2.91. The first kappa shape index (κ1) is 43.0. The van der Waals surface area contributed by atoms with Crippen molar-refractivity contribution in [3.8, 4) is 0 Å². The number of esters is 7. The summed E-state index contributed by atoms with van der Waals surface area (Å²) in [5.41, 5.74) is -6.82. The molecule has 3 aliphatic rings. The van der Waals surface area contributed by atoms with E-state index in [4.69, 9.17) is 37.9 Å². The van der Waals surface area contributed by atoms with Crippen molar-refractivity contribution in [2.75, 3.05) is 0 Å². The normalized spacial score (nSPS) is 36.3. The third-order valence-corrected chi connectivity index (χ3v) is 9.92. The predicted molar refractivity (Wildman–Crippen MR) is 177 cm³/mol. The molecule has 0 aromatic heterocycles. The van der Waals surface area contributed by atoms with Gasteiger partial charge in [0.25, 0.3) is 0 Å². The van der Waals surface area contributed by atoms with E-state index in [1.165, 1.54) is 41.5 Å². The van der Waals surface area contributed by atoms with E-state index in [-0.39, 0.29) is 0 Å². The molecule has 2 aliphatic heterocycles. The maximum atomic E-state index is 14.4. The fourth-order valence-electron chi connectivity index (χ4n) is 7.89. The Hall–Kier alpha value is -4.38. The van der Waals surface area contributed by atoms with Crippen molar-refractivity contribution in [2.45, 2.75) is 143 Å². The number of ether oxygens (including phenoxy) is 8. The van der Waals surface area contributed by atoms with Crippen LogP contribution in [0.4, 0.5) is 0 Å². The van der Waals surface area contributed by atoms with E-state index in [0.717, 1.165) is 41.5 Å². The Morgan fingerprint density at radius 3 is 1.68 bits per heavy atom. The van der Waals surface area contributed by atoms with E-state index >= 15 is 0 Å². The van der Waals surface area contributed by atoms with Crippen molar-refractivity contribution in [3.05, 3.63) is 12.2 Å². The van der Waals surface area contributed by atoms with Crippen molar-refractivity contribution in [1.29, 1.82) is 0 Å². The second-order valence-electron chi connectivity index (χ2n) is 15.0. The van der Waals surface area contributed by atoms with Gasteiger partial charge in [0.2, 0.25) is 5.79 Å². The summed E-state index contributed by atoms with van der Waals surface area (Å²) in [7, 11) is 0. The van der Waals surface area contributed by atoms with E-state index in [2.05, 4.69) is 6.58 Å². The molecule has 0 amide bonds. The Kier molecular flexibility index (Phi) is 12.3. The molecule has 2 heterocycles. The van der Waals surface area contributed by atoms with Crippen LogP contribution >= 0.6 is 0 Å². The number of carbonyl (C=O) groups is 8. The summed E-state index contributed by atoms with van der Waals surface area (Å²) < 4.78 is 47.2. The summed E-state index contributed by atoms with van der Waals surface area (Å²) in [4.78, 5) is 105. The van der Waals surface area contributed by atoms with E-state index < -0.39 is 136 Å². The topological polar surface area (TPSA) is 231 Å². The van der Waals surface area contributed by atoms with E-state index in [1.807, 2.05) is 0 Å². The molecule has 1 saturated carbocycles. The standard InChI is InChI=1S/C36H50O17/c1-15(2)32(44)50-27-16(3)26(46-18(5)37)24-29(48-20(7)39)34(13,51-22(9)41)14-35(24,52-23(10)42)36(45)17(4)25(43)30(53-36)33(11,12)31(49-21(8)40)28(27)47-19(6)38/h15,17,24,26-31,45H,3,14H2,1-2,4-13H3. The van der Waals surface area contributed by atoms with Crippen LogP contribution in [-0.2, 0) is 76.3 Å². The Morgan fingerprint density at radius 1 is 0.736 bits per heavy atom. The van der Waals surface area contributed by atoms with Gasteiger partial charge in [0.1, 0.15) is 12.2 Å². The minimum Gasteiger partial charge on any atom is -0.458 e. The summed E-state index contributed by atoms with van der Waals surface area (Å²) >= 11 is 0. The zero-order valence-corrected chi connectivity index (χ0v) is 32.1. The summed E-state index contributed by atoms with van der Waals surface area (Å²) in [5, 5.41) is 12.9. The van der Waals surface area contributed by atoms with Gasteiger partial charge < -0.3 is 43.0 Å². The van der Waals surface area contributed by atoms with Crippen LogP contribution in [0.2, 0.25) is 0 Å². The molecule has 0 radical (unpaired) electrons. The second-order valence-corrected chi connectivity index (χ2v) is 15.0. The van der Waals surface area contributed by atoms with Crippen LogP contribution in [0.15, 0.2) is 12.2 Å². The number of aliphatic hydroxyl groups is 1. The lowest BCUT2D eigenvalue weighted by atomic mass is 9.68. The number of hydrogen-bond donors (Lipinski definition) is 1. The minimum absolute atomic E-state index is 0.403. The van der Waals surface area contributed by atoms with Crippen LogP contribution in [0, 0.1) is 23.2 Å². The molecular weight excluding hydrogens is 704 g/mol. The molecule has 1 aliphatic carbocycles. The molecule has 17 heteroatoms. The maximum absolute atomic E-state index is 14.4. The van der Waals surface area contributed by atoms with Crippen LogP contribution < -0.4 is 0 Å². The molecule has 53 heavy (non-hydrogen) atoms. The van der Waals surface area contributed by atoms with Gasteiger partial charge in [0, 0.05) is 59.0 Å². The average Bonchev–Trinajstić information content (AvgIpc) is 3.37. The molecule has 1 N–H and O–H groups in total. The second kappa shape index (κ2) is 15.2. The Balaban J connectivity index is 2.69. The first-order valence-corrected chi connectivity index (χ1v) is 17.1. The highest BCUT2D eigenvalue weighted by atomic mass is 16.7. The third-order valence-electron chi connectivity index (χ3n) is 9.92. The largest absolute Gasteiger partial charge is 0.458 e. The summed E-state index contributed by atoms with van der Waals surface area (Å²) in [6.45, 7) is 18.5. The van der Waals surface area contributed by atoms with Crippen molar-refractivity contribution in [3.63, 3.8) is 0 Å². The van der Waals surface area contributed by atoms with Crippen molar-refractivity contribution in [2.24, 2.45) is 23.2 Å². The molecule has 296 valence electrons. The van der Waals surface area contributed by atoms with Gasteiger partial charge in [-0.3, -0.25) is 38.4 Å². The summed E-state index contributed by atoms with van der Waals surface area (Å²) in [6, 6.07) is 0. The number of carbonyl (C=O) groups excluding carboxylic acids is 8. The number of Topliss-reactive ketones (excluding diaryl/α,β-unsaturated/α-hetero) is 1. The van der Waals surface area contributed by atoms with E-state index in [1.54, 1.807) is 0 Å². The predicted octanol–water partition coefficient (Wildman–Crippen LogP) is 1.81. The zero-order valence-electron chi connectivity index (χ0n) is 32.1. The number of fused-ring (bicyclic) bond motifs is 4. The number of ketones is 1. The lowest BCUT2D eigenvalue weighted by Crippen LogP contribution is -2.66. The van der Waals surface area contributed by atoms with Crippen LogP contribution in [0.1, 0.15) is 89.5 Å².